The Kier molecular flexibility index (Phi) is 5.15. The lowest BCUT2D eigenvalue weighted by atomic mass is 10.0. The Morgan fingerprint density at radius 1 is 1.09 bits per heavy atom. The Morgan fingerprint density at radius 3 is 2.41 bits per heavy atom. The van der Waals surface area contributed by atoms with Gasteiger partial charge in [0.05, 0.1) is 6.42 Å². The van der Waals surface area contributed by atoms with Crippen molar-refractivity contribution in [2.24, 2.45) is 11.7 Å². The van der Waals surface area contributed by atoms with Gasteiger partial charge < -0.3 is 11.1 Å². The number of amides is 2. The molecule has 0 saturated carbocycles. The highest BCUT2D eigenvalue weighted by Crippen LogP contribution is 2.16. The van der Waals surface area contributed by atoms with Gasteiger partial charge in [0.1, 0.15) is 6.04 Å². The van der Waals surface area contributed by atoms with Crippen molar-refractivity contribution in [1.29, 1.82) is 0 Å². The van der Waals surface area contributed by atoms with E-state index in [1.807, 2.05) is 56.3 Å². The van der Waals surface area contributed by atoms with Crippen molar-refractivity contribution >= 4 is 22.6 Å². The molecule has 4 heteroatoms. The first-order chi connectivity index (χ1) is 10.5. The average molecular weight is 298 g/mol. The van der Waals surface area contributed by atoms with Gasteiger partial charge in [-0.2, -0.15) is 0 Å². The summed E-state index contributed by atoms with van der Waals surface area (Å²) in [6.45, 7) is 3.98. The summed E-state index contributed by atoms with van der Waals surface area (Å²) >= 11 is 0. The van der Waals surface area contributed by atoms with Gasteiger partial charge in [0.25, 0.3) is 0 Å². The van der Waals surface area contributed by atoms with E-state index in [0.29, 0.717) is 12.3 Å². The Balaban J connectivity index is 2.04. The van der Waals surface area contributed by atoms with Crippen LogP contribution in [0.2, 0.25) is 0 Å². The molecule has 0 heterocycles. The van der Waals surface area contributed by atoms with Crippen molar-refractivity contribution in [3.05, 3.63) is 48.0 Å². The highest BCUT2D eigenvalue weighted by atomic mass is 16.2. The van der Waals surface area contributed by atoms with Crippen LogP contribution in [0, 0.1) is 5.92 Å². The van der Waals surface area contributed by atoms with Gasteiger partial charge >= 0.3 is 0 Å². The number of carbonyl (C=O) groups is 2. The molecular formula is C18H22N2O2. The Bertz CT molecular complexity index is 680. The van der Waals surface area contributed by atoms with E-state index in [1.54, 1.807) is 0 Å². The SMILES string of the molecule is CC(C)C[C@@H](NC(=O)Cc1ccc2ccccc2c1)C(N)=O. The third-order valence-corrected chi connectivity index (χ3v) is 3.56. The van der Waals surface area contributed by atoms with Gasteiger partial charge in [-0.05, 0) is 28.7 Å². The van der Waals surface area contributed by atoms with Crippen LogP contribution in [0.15, 0.2) is 42.5 Å². The van der Waals surface area contributed by atoms with Crippen LogP contribution < -0.4 is 11.1 Å². The predicted molar refractivity (Wildman–Crippen MR) is 88.2 cm³/mol. The van der Waals surface area contributed by atoms with Gasteiger partial charge in [0, 0.05) is 0 Å². The summed E-state index contributed by atoms with van der Waals surface area (Å²) < 4.78 is 0. The number of hydrogen-bond donors (Lipinski definition) is 2. The first kappa shape index (κ1) is 16.0. The monoisotopic (exact) mass is 298 g/mol. The third-order valence-electron chi connectivity index (χ3n) is 3.56. The molecule has 0 spiro atoms. The lowest BCUT2D eigenvalue weighted by molar-refractivity contribution is -0.127. The molecule has 2 aromatic carbocycles. The molecule has 0 aliphatic carbocycles. The molecule has 2 amide bonds. The Labute approximate surface area is 130 Å². The van der Waals surface area contributed by atoms with E-state index in [-0.39, 0.29) is 12.3 Å². The Hall–Kier alpha value is -2.36. The van der Waals surface area contributed by atoms with Crippen LogP contribution in [0.25, 0.3) is 10.8 Å². The molecule has 2 aromatic rings. The predicted octanol–water partition coefficient (Wildman–Crippen LogP) is 2.40. The number of carbonyl (C=O) groups excluding carboxylic acids is 2. The molecule has 22 heavy (non-hydrogen) atoms. The molecule has 0 radical (unpaired) electrons. The van der Waals surface area contributed by atoms with Crippen molar-refractivity contribution in [3.63, 3.8) is 0 Å². The average Bonchev–Trinajstić information content (AvgIpc) is 2.45. The molecule has 0 aliphatic rings. The molecular weight excluding hydrogens is 276 g/mol. The van der Waals surface area contributed by atoms with E-state index in [1.165, 1.54) is 0 Å². The molecule has 4 nitrogen and oxygen atoms in total. The van der Waals surface area contributed by atoms with Crippen LogP contribution in [0.1, 0.15) is 25.8 Å². The lowest BCUT2D eigenvalue weighted by Crippen LogP contribution is -2.45. The van der Waals surface area contributed by atoms with Crippen LogP contribution in [0.3, 0.4) is 0 Å². The molecule has 1 atom stereocenters. The van der Waals surface area contributed by atoms with E-state index in [2.05, 4.69) is 5.32 Å². The molecule has 0 aliphatic heterocycles. The summed E-state index contributed by atoms with van der Waals surface area (Å²) in [5.41, 5.74) is 6.27. The van der Waals surface area contributed by atoms with Gasteiger partial charge in [-0.15, -0.1) is 0 Å². The zero-order valence-electron chi connectivity index (χ0n) is 13.0. The minimum Gasteiger partial charge on any atom is -0.368 e. The zero-order valence-corrected chi connectivity index (χ0v) is 13.0. The van der Waals surface area contributed by atoms with Crippen LogP contribution in [-0.2, 0) is 16.0 Å². The highest BCUT2D eigenvalue weighted by Gasteiger charge is 2.19. The van der Waals surface area contributed by atoms with E-state index < -0.39 is 11.9 Å². The van der Waals surface area contributed by atoms with Crippen LogP contribution in [0.4, 0.5) is 0 Å². The van der Waals surface area contributed by atoms with Gasteiger partial charge in [-0.3, -0.25) is 9.59 Å². The molecule has 0 aromatic heterocycles. The summed E-state index contributed by atoms with van der Waals surface area (Å²) in [6, 6.07) is 13.3. The maximum absolute atomic E-state index is 12.1. The van der Waals surface area contributed by atoms with Gasteiger partial charge in [0.15, 0.2) is 0 Å². The van der Waals surface area contributed by atoms with Crippen LogP contribution in [0.5, 0.6) is 0 Å². The highest BCUT2D eigenvalue weighted by molar-refractivity contribution is 5.88. The number of fused-ring (bicyclic) bond motifs is 1. The fraction of sp³-hybridized carbons (Fsp3) is 0.333. The van der Waals surface area contributed by atoms with Crippen molar-refractivity contribution in [2.45, 2.75) is 32.7 Å². The van der Waals surface area contributed by atoms with E-state index in [4.69, 9.17) is 5.73 Å². The second kappa shape index (κ2) is 7.07. The smallest absolute Gasteiger partial charge is 0.240 e. The number of rotatable bonds is 6. The largest absolute Gasteiger partial charge is 0.368 e. The van der Waals surface area contributed by atoms with Gasteiger partial charge in [-0.1, -0.05) is 56.3 Å². The molecule has 0 bridgehead atoms. The van der Waals surface area contributed by atoms with Gasteiger partial charge in [0.2, 0.25) is 11.8 Å². The van der Waals surface area contributed by atoms with Crippen molar-refractivity contribution in [2.75, 3.05) is 0 Å². The maximum atomic E-state index is 12.1. The maximum Gasteiger partial charge on any atom is 0.240 e. The minimum absolute atomic E-state index is 0.181. The normalized spacial score (nSPS) is 12.3. The molecule has 2 rings (SSSR count). The Morgan fingerprint density at radius 2 is 1.77 bits per heavy atom. The fourth-order valence-electron chi connectivity index (χ4n) is 2.50. The lowest BCUT2D eigenvalue weighted by Gasteiger charge is -2.17. The first-order valence-electron chi connectivity index (χ1n) is 7.52. The fourth-order valence-corrected chi connectivity index (χ4v) is 2.50. The summed E-state index contributed by atoms with van der Waals surface area (Å²) in [6.07, 6.45) is 0.797. The zero-order chi connectivity index (χ0) is 16.1. The van der Waals surface area contributed by atoms with Gasteiger partial charge in [-0.25, -0.2) is 0 Å². The standard InChI is InChI=1S/C18H22N2O2/c1-12(2)9-16(18(19)22)20-17(21)11-13-7-8-14-5-3-4-6-15(14)10-13/h3-8,10,12,16H,9,11H2,1-2H3,(H2,19,22)(H,20,21)/t16-/m1/s1. The third kappa shape index (κ3) is 4.32. The molecule has 0 unspecified atom stereocenters. The van der Waals surface area contributed by atoms with E-state index in [0.717, 1.165) is 16.3 Å². The number of primary amides is 1. The molecule has 116 valence electrons. The van der Waals surface area contributed by atoms with E-state index in [9.17, 15) is 9.59 Å². The summed E-state index contributed by atoms with van der Waals surface area (Å²) in [4.78, 5) is 23.5. The number of benzene rings is 2. The summed E-state index contributed by atoms with van der Waals surface area (Å²) in [5, 5.41) is 4.97. The van der Waals surface area contributed by atoms with Crippen LogP contribution >= 0.6 is 0 Å². The van der Waals surface area contributed by atoms with Crippen molar-refractivity contribution < 1.29 is 9.59 Å². The summed E-state index contributed by atoms with van der Waals surface area (Å²) in [5.74, 6) is -0.376. The number of hydrogen-bond acceptors (Lipinski definition) is 2. The van der Waals surface area contributed by atoms with E-state index >= 15 is 0 Å². The van der Waals surface area contributed by atoms with Crippen molar-refractivity contribution in [3.8, 4) is 0 Å². The second-order valence-electron chi connectivity index (χ2n) is 6.01. The number of nitrogens with two attached hydrogens (primary N) is 1. The number of nitrogens with one attached hydrogen (secondary N) is 1. The molecule has 0 saturated heterocycles. The summed E-state index contributed by atoms with van der Waals surface area (Å²) in [7, 11) is 0. The topological polar surface area (TPSA) is 72.2 Å². The first-order valence-corrected chi connectivity index (χ1v) is 7.52. The molecule has 3 N–H and O–H groups in total. The van der Waals surface area contributed by atoms with Crippen LogP contribution in [-0.4, -0.2) is 17.9 Å². The second-order valence-corrected chi connectivity index (χ2v) is 6.01. The minimum atomic E-state index is -0.604. The quantitative estimate of drug-likeness (QED) is 0.859. The van der Waals surface area contributed by atoms with Crippen molar-refractivity contribution in [1.82, 2.24) is 5.32 Å². The molecule has 0 fully saturated rings.